The zero-order valence-corrected chi connectivity index (χ0v) is 12.4. The van der Waals surface area contributed by atoms with Gasteiger partial charge in [0.1, 0.15) is 18.0 Å². The maximum atomic E-state index is 6.09. The predicted octanol–water partition coefficient (Wildman–Crippen LogP) is 3.31. The predicted molar refractivity (Wildman–Crippen MR) is 86.3 cm³/mol. The van der Waals surface area contributed by atoms with E-state index in [1.54, 1.807) is 18.7 Å². The third kappa shape index (κ3) is 1.95. The summed E-state index contributed by atoms with van der Waals surface area (Å²) in [6.45, 7) is 0. The number of aromatic nitrogens is 4. The summed E-state index contributed by atoms with van der Waals surface area (Å²) in [6.07, 6.45) is 7.02. The van der Waals surface area contributed by atoms with Gasteiger partial charge in [0.25, 0.3) is 0 Å². The third-order valence-corrected chi connectivity index (χ3v) is 3.92. The zero-order valence-electron chi connectivity index (χ0n) is 10.9. The van der Waals surface area contributed by atoms with Crippen LogP contribution in [-0.4, -0.2) is 19.5 Å². The van der Waals surface area contributed by atoms with Gasteiger partial charge in [0.15, 0.2) is 0 Å². The molecule has 0 unspecified atom stereocenters. The van der Waals surface area contributed by atoms with Gasteiger partial charge in [0, 0.05) is 33.8 Å². The van der Waals surface area contributed by atoms with Crippen molar-refractivity contribution in [1.29, 1.82) is 0 Å². The molecule has 0 amide bonds. The van der Waals surface area contributed by atoms with Crippen LogP contribution in [0.5, 0.6) is 0 Å². The fraction of sp³-hybridized carbons (Fsp3) is 0. The van der Waals surface area contributed by atoms with Crippen LogP contribution in [0.25, 0.3) is 27.5 Å². The SMILES string of the molecule is Nc1nc(-n2ccnc2)cc2c1cnc1cc(Br)ccc12. The highest BCUT2D eigenvalue weighted by atomic mass is 79.9. The first-order valence-corrected chi connectivity index (χ1v) is 7.14. The maximum absolute atomic E-state index is 6.09. The monoisotopic (exact) mass is 339 g/mol. The molecule has 102 valence electrons. The number of hydrogen-bond acceptors (Lipinski definition) is 4. The number of imidazole rings is 1. The second kappa shape index (κ2) is 4.53. The topological polar surface area (TPSA) is 69.6 Å². The minimum Gasteiger partial charge on any atom is -0.383 e. The highest BCUT2D eigenvalue weighted by Crippen LogP contribution is 2.29. The van der Waals surface area contributed by atoms with Crippen LogP contribution in [0, 0.1) is 0 Å². The van der Waals surface area contributed by atoms with E-state index in [-0.39, 0.29) is 0 Å². The minimum atomic E-state index is 0.466. The number of pyridine rings is 2. The molecule has 0 atom stereocenters. The Kier molecular flexibility index (Phi) is 2.65. The number of fused-ring (bicyclic) bond motifs is 3. The molecule has 0 saturated carbocycles. The lowest BCUT2D eigenvalue weighted by molar-refractivity contribution is 1.00. The van der Waals surface area contributed by atoms with E-state index >= 15 is 0 Å². The summed E-state index contributed by atoms with van der Waals surface area (Å²) in [5.41, 5.74) is 7.01. The van der Waals surface area contributed by atoms with Crippen molar-refractivity contribution in [3.05, 3.63) is 53.7 Å². The molecule has 21 heavy (non-hydrogen) atoms. The third-order valence-electron chi connectivity index (χ3n) is 3.43. The molecule has 0 saturated heterocycles. The van der Waals surface area contributed by atoms with Gasteiger partial charge in [-0.2, -0.15) is 0 Å². The first-order valence-electron chi connectivity index (χ1n) is 6.35. The van der Waals surface area contributed by atoms with Gasteiger partial charge in [-0.3, -0.25) is 9.55 Å². The second-order valence-electron chi connectivity index (χ2n) is 4.72. The minimum absolute atomic E-state index is 0.466. The van der Waals surface area contributed by atoms with E-state index < -0.39 is 0 Å². The Labute approximate surface area is 128 Å². The molecule has 1 aromatic carbocycles. The molecule has 3 heterocycles. The van der Waals surface area contributed by atoms with Crippen molar-refractivity contribution in [1.82, 2.24) is 19.5 Å². The molecule has 4 rings (SSSR count). The van der Waals surface area contributed by atoms with Crippen molar-refractivity contribution < 1.29 is 0 Å². The van der Waals surface area contributed by atoms with Gasteiger partial charge in [-0.25, -0.2) is 9.97 Å². The number of nitrogens with two attached hydrogens (primary N) is 1. The van der Waals surface area contributed by atoms with Crippen LogP contribution in [-0.2, 0) is 0 Å². The van der Waals surface area contributed by atoms with Gasteiger partial charge < -0.3 is 5.73 Å². The average Bonchev–Trinajstić information content (AvgIpc) is 3.00. The van der Waals surface area contributed by atoms with Crippen LogP contribution in [0.1, 0.15) is 0 Å². The summed E-state index contributed by atoms with van der Waals surface area (Å²) in [5.74, 6) is 1.21. The molecular formula is C15H10BrN5. The Morgan fingerprint density at radius 2 is 2.00 bits per heavy atom. The quantitative estimate of drug-likeness (QED) is 0.540. The number of nitrogens with zero attached hydrogens (tertiary/aromatic N) is 4. The normalized spacial score (nSPS) is 11.3. The van der Waals surface area contributed by atoms with E-state index in [0.717, 1.165) is 32.0 Å². The Morgan fingerprint density at radius 1 is 1.10 bits per heavy atom. The van der Waals surface area contributed by atoms with E-state index in [0.29, 0.717) is 5.82 Å². The molecule has 0 radical (unpaired) electrons. The molecule has 3 aromatic heterocycles. The Morgan fingerprint density at radius 3 is 2.81 bits per heavy atom. The van der Waals surface area contributed by atoms with Gasteiger partial charge in [-0.15, -0.1) is 0 Å². The summed E-state index contributed by atoms with van der Waals surface area (Å²) in [4.78, 5) is 12.9. The Bertz CT molecular complexity index is 963. The Hall–Kier alpha value is -2.47. The van der Waals surface area contributed by atoms with Crippen molar-refractivity contribution in [2.45, 2.75) is 0 Å². The zero-order chi connectivity index (χ0) is 14.4. The average molecular weight is 340 g/mol. The number of halogens is 1. The van der Waals surface area contributed by atoms with E-state index in [4.69, 9.17) is 5.73 Å². The van der Waals surface area contributed by atoms with E-state index in [9.17, 15) is 0 Å². The summed E-state index contributed by atoms with van der Waals surface area (Å²) >= 11 is 3.47. The largest absolute Gasteiger partial charge is 0.383 e. The van der Waals surface area contributed by atoms with Gasteiger partial charge in [0.05, 0.1) is 5.52 Å². The van der Waals surface area contributed by atoms with Crippen LogP contribution in [0.15, 0.2) is 53.7 Å². The lowest BCUT2D eigenvalue weighted by Gasteiger charge is -2.09. The Balaban J connectivity index is 2.11. The van der Waals surface area contributed by atoms with Crippen LogP contribution >= 0.6 is 15.9 Å². The number of anilines is 1. The van der Waals surface area contributed by atoms with E-state index in [1.165, 1.54) is 0 Å². The molecule has 0 spiro atoms. The lowest BCUT2D eigenvalue weighted by Crippen LogP contribution is -2.00. The molecule has 5 nitrogen and oxygen atoms in total. The van der Waals surface area contributed by atoms with Crippen LogP contribution in [0.2, 0.25) is 0 Å². The fourth-order valence-electron chi connectivity index (χ4n) is 2.42. The molecule has 2 N–H and O–H groups in total. The van der Waals surface area contributed by atoms with Crippen molar-refractivity contribution in [3.63, 3.8) is 0 Å². The first kappa shape index (κ1) is 12.3. The number of hydrogen-bond donors (Lipinski definition) is 1. The van der Waals surface area contributed by atoms with E-state index in [2.05, 4.69) is 30.9 Å². The van der Waals surface area contributed by atoms with Gasteiger partial charge in [-0.05, 0) is 23.6 Å². The highest BCUT2D eigenvalue weighted by Gasteiger charge is 2.09. The lowest BCUT2D eigenvalue weighted by atomic mass is 10.1. The molecule has 0 fully saturated rings. The van der Waals surface area contributed by atoms with Crippen molar-refractivity contribution >= 4 is 43.4 Å². The van der Waals surface area contributed by atoms with Crippen molar-refractivity contribution in [2.24, 2.45) is 0 Å². The molecular weight excluding hydrogens is 330 g/mol. The maximum Gasteiger partial charge on any atom is 0.140 e. The summed E-state index contributed by atoms with van der Waals surface area (Å²) < 4.78 is 2.83. The van der Waals surface area contributed by atoms with Gasteiger partial charge in [-0.1, -0.05) is 22.0 Å². The van der Waals surface area contributed by atoms with Gasteiger partial charge >= 0.3 is 0 Å². The van der Waals surface area contributed by atoms with Crippen LogP contribution in [0.3, 0.4) is 0 Å². The number of nitrogen functional groups attached to an aromatic ring is 1. The summed E-state index contributed by atoms with van der Waals surface area (Å²) in [7, 11) is 0. The van der Waals surface area contributed by atoms with Crippen molar-refractivity contribution in [2.75, 3.05) is 5.73 Å². The first-order chi connectivity index (χ1) is 10.2. The fourth-order valence-corrected chi connectivity index (χ4v) is 2.77. The molecule has 6 heteroatoms. The molecule has 4 aromatic rings. The molecule has 0 aliphatic rings. The standard InChI is InChI=1S/C15H10BrN5/c16-9-1-2-10-11-6-14(21-4-3-18-8-21)20-15(17)12(11)7-19-13(10)5-9/h1-8H,(H2,17,20). The van der Waals surface area contributed by atoms with Crippen LogP contribution < -0.4 is 5.73 Å². The summed E-state index contributed by atoms with van der Waals surface area (Å²) in [6, 6.07) is 8.02. The number of rotatable bonds is 1. The molecule has 0 bridgehead atoms. The van der Waals surface area contributed by atoms with Crippen molar-refractivity contribution in [3.8, 4) is 5.82 Å². The van der Waals surface area contributed by atoms with E-state index in [1.807, 2.05) is 35.0 Å². The second-order valence-corrected chi connectivity index (χ2v) is 5.63. The van der Waals surface area contributed by atoms with Gasteiger partial charge in [0.2, 0.25) is 0 Å². The smallest absolute Gasteiger partial charge is 0.140 e. The highest BCUT2D eigenvalue weighted by molar-refractivity contribution is 9.10. The molecule has 0 aliphatic carbocycles. The molecule has 0 aliphatic heterocycles. The summed E-state index contributed by atoms with van der Waals surface area (Å²) in [5, 5.41) is 2.93. The van der Waals surface area contributed by atoms with Crippen LogP contribution in [0.4, 0.5) is 5.82 Å². The number of benzene rings is 1.